The number of hydrazine groups is 1. The molecule has 3 rings (SSSR count). The lowest BCUT2D eigenvalue weighted by molar-refractivity contribution is 0.0955. The average Bonchev–Trinajstić information content (AvgIpc) is 3.14. The summed E-state index contributed by atoms with van der Waals surface area (Å²) >= 11 is 1.33. The van der Waals surface area contributed by atoms with E-state index in [0.717, 1.165) is 16.9 Å². The standard InChI is InChI=1S/C19H18N2O3S/c20-21-19(22)18-15(10-11-25-18)13-24-17-8-6-16(7-9-17)23-12-14-4-2-1-3-5-14/h1-11H,12-13,20H2,(H,21,22). The highest BCUT2D eigenvalue weighted by Crippen LogP contribution is 2.22. The van der Waals surface area contributed by atoms with E-state index in [1.54, 1.807) is 0 Å². The van der Waals surface area contributed by atoms with Crippen LogP contribution in [0.2, 0.25) is 0 Å². The van der Waals surface area contributed by atoms with Crippen molar-refractivity contribution in [1.82, 2.24) is 5.43 Å². The number of rotatable bonds is 7. The Hall–Kier alpha value is -2.83. The number of hydrogen-bond donors (Lipinski definition) is 2. The van der Waals surface area contributed by atoms with Gasteiger partial charge in [0.1, 0.15) is 24.7 Å². The summed E-state index contributed by atoms with van der Waals surface area (Å²) in [5, 5.41) is 1.84. The van der Waals surface area contributed by atoms with E-state index in [1.165, 1.54) is 11.3 Å². The number of nitrogen functional groups attached to an aromatic ring is 1. The van der Waals surface area contributed by atoms with E-state index >= 15 is 0 Å². The maximum atomic E-state index is 11.6. The molecule has 0 bridgehead atoms. The van der Waals surface area contributed by atoms with Gasteiger partial charge in [-0.1, -0.05) is 30.3 Å². The van der Waals surface area contributed by atoms with Crippen LogP contribution in [0.1, 0.15) is 20.8 Å². The molecule has 0 radical (unpaired) electrons. The van der Waals surface area contributed by atoms with E-state index in [2.05, 4.69) is 5.43 Å². The second kappa shape index (κ2) is 8.32. The van der Waals surface area contributed by atoms with E-state index in [4.69, 9.17) is 15.3 Å². The molecule has 0 saturated heterocycles. The molecule has 6 heteroatoms. The third-order valence-electron chi connectivity index (χ3n) is 3.55. The van der Waals surface area contributed by atoms with E-state index in [1.807, 2.05) is 66.0 Å². The van der Waals surface area contributed by atoms with Crippen molar-refractivity contribution < 1.29 is 14.3 Å². The second-order valence-corrected chi connectivity index (χ2v) is 6.20. The molecule has 25 heavy (non-hydrogen) atoms. The smallest absolute Gasteiger partial charge is 0.275 e. The van der Waals surface area contributed by atoms with Crippen molar-refractivity contribution in [2.75, 3.05) is 0 Å². The zero-order chi connectivity index (χ0) is 17.5. The van der Waals surface area contributed by atoms with Gasteiger partial charge in [0.15, 0.2) is 0 Å². The number of carbonyl (C=O) groups is 1. The van der Waals surface area contributed by atoms with E-state index in [0.29, 0.717) is 23.8 Å². The van der Waals surface area contributed by atoms with Crippen LogP contribution in [0.4, 0.5) is 0 Å². The van der Waals surface area contributed by atoms with Gasteiger partial charge in [-0.25, -0.2) is 5.84 Å². The molecule has 0 aliphatic rings. The fourth-order valence-electron chi connectivity index (χ4n) is 2.25. The van der Waals surface area contributed by atoms with Crippen LogP contribution in [-0.4, -0.2) is 5.91 Å². The molecule has 128 valence electrons. The van der Waals surface area contributed by atoms with Gasteiger partial charge in [0, 0.05) is 5.56 Å². The molecule has 2 aromatic carbocycles. The van der Waals surface area contributed by atoms with Crippen molar-refractivity contribution in [3.8, 4) is 11.5 Å². The van der Waals surface area contributed by atoms with Crippen molar-refractivity contribution in [2.24, 2.45) is 5.84 Å². The normalized spacial score (nSPS) is 10.3. The van der Waals surface area contributed by atoms with Gasteiger partial charge in [-0.05, 0) is 41.3 Å². The topological polar surface area (TPSA) is 73.6 Å². The Labute approximate surface area is 150 Å². The molecule has 5 nitrogen and oxygen atoms in total. The van der Waals surface area contributed by atoms with Gasteiger partial charge in [0.05, 0.1) is 4.88 Å². The van der Waals surface area contributed by atoms with Gasteiger partial charge in [-0.2, -0.15) is 0 Å². The molecular weight excluding hydrogens is 336 g/mol. The lowest BCUT2D eigenvalue weighted by Gasteiger charge is -2.09. The SMILES string of the molecule is NNC(=O)c1sccc1COc1ccc(OCc2ccccc2)cc1. The Morgan fingerprint density at radius 3 is 2.20 bits per heavy atom. The lowest BCUT2D eigenvalue weighted by atomic mass is 10.2. The van der Waals surface area contributed by atoms with Crippen LogP contribution in [0.3, 0.4) is 0 Å². The minimum Gasteiger partial charge on any atom is -0.489 e. The Balaban J connectivity index is 1.54. The summed E-state index contributed by atoms with van der Waals surface area (Å²) in [4.78, 5) is 12.2. The minimum atomic E-state index is -0.307. The number of thiophene rings is 1. The number of benzene rings is 2. The Morgan fingerprint density at radius 1 is 0.920 bits per heavy atom. The van der Waals surface area contributed by atoms with Gasteiger partial charge in [0.2, 0.25) is 0 Å². The van der Waals surface area contributed by atoms with Crippen LogP contribution in [0, 0.1) is 0 Å². The highest BCUT2D eigenvalue weighted by molar-refractivity contribution is 7.12. The van der Waals surface area contributed by atoms with Crippen molar-refractivity contribution in [3.63, 3.8) is 0 Å². The third kappa shape index (κ3) is 4.59. The molecule has 0 atom stereocenters. The number of ether oxygens (including phenoxy) is 2. The molecule has 0 fully saturated rings. The van der Waals surface area contributed by atoms with Gasteiger partial charge < -0.3 is 9.47 Å². The van der Waals surface area contributed by atoms with Gasteiger partial charge in [0.25, 0.3) is 5.91 Å². The molecule has 1 heterocycles. The fourth-order valence-corrected chi connectivity index (χ4v) is 3.06. The van der Waals surface area contributed by atoms with Crippen LogP contribution in [0.25, 0.3) is 0 Å². The quantitative estimate of drug-likeness (QED) is 0.387. The van der Waals surface area contributed by atoms with Crippen molar-refractivity contribution in [3.05, 3.63) is 82.0 Å². The van der Waals surface area contributed by atoms with Crippen molar-refractivity contribution in [2.45, 2.75) is 13.2 Å². The minimum absolute atomic E-state index is 0.302. The summed E-state index contributed by atoms with van der Waals surface area (Å²) in [6.45, 7) is 0.823. The molecule has 0 aliphatic carbocycles. The maximum absolute atomic E-state index is 11.6. The maximum Gasteiger partial charge on any atom is 0.275 e. The first-order valence-corrected chi connectivity index (χ1v) is 8.61. The zero-order valence-corrected chi connectivity index (χ0v) is 14.3. The van der Waals surface area contributed by atoms with Gasteiger partial charge in [-0.15, -0.1) is 11.3 Å². The molecule has 0 spiro atoms. The molecule has 0 saturated carbocycles. The van der Waals surface area contributed by atoms with Crippen LogP contribution < -0.4 is 20.7 Å². The second-order valence-electron chi connectivity index (χ2n) is 5.28. The highest BCUT2D eigenvalue weighted by Gasteiger charge is 2.12. The summed E-state index contributed by atoms with van der Waals surface area (Å²) in [6.07, 6.45) is 0. The number of nitrogens with one attached hydrogen (secondary N) is 1. The van der Waals surface area contributed by atoms with Crippen molar-refractivity contribution in [1.29, 1.82) is 0 Å². The zero-order valence-electron chi connectivity index (χ0n) is 13.5. The Bertz CT molecular complexity index is 816. The largest absolute Gasteiger partial charge is 0.489 e. The number of carbonyl (C=O) groups excluding carboxylic acids is 1. The molecular formula is C19H18N2O3S. The highest BCUT2D eigenvalue weighted by atomic mass is 32.1. The Morgan fingerprint density at radius 2 is 1.56 bits per heavy atom. The first-order chi connectivity index (χ1) is 12.3. The van der Waals surface area contributed by atoms with E-state index < -0.39 is 0 Å². The van der Waals surface area contributed by atoms with Crippen LogP contribution in [-0.2, 0) is 13.2 Å². The molecule has 3 N–H and O–H groups in total. The predicted octanol–water partition coefficient (Wildman–Crippen LogP) is 3.51. The predicted molar refractivity (Wildman–Crippen MR) is 97.5 cm³/mol. The summed E-state index contributed by atoms with van der Waals surface area (Å²) in [6, 6.07) is 19.3. The average molecular weight is 354 g/mol. The number of nitrogens with two attached hydrogens (primary N) is 1. The lowest BCUT2D eigenvalue weighted by Crippen LogP contribution is -2.30. The number of amides is 1. The first kappa shape index (κ1) is 17.0. The molecule has 0 unspecified atom stereocenters. The summed E-state index contributed by atoms with van der Waals surface area (Å²) in [7, 11) is 0. The van der Waals surface area contributed by atoms with E-state index in [-0.39, 0.29) is 5.91 Å². The van der Waals surface area contributed by atoms with Crippen molar-refractivity contribution >= 4 is 17.2 Å². The molecule has 1 amide bonds. The van der Waals surface area contributed by atoms with E-state index in [9.17, 15) is 4.79 Å². The molecule has 0 aliphatic heterocycles. The number of hydrogen-bond acceptors (Lipinski definition) is 5. The first-order valence-electron chi connectivity index (χ1n) is 7.73. The van der Waals surface area contributed by atoms with Gasteiger partial charge in [-0.3, -0.25) is 10.2 Å². The third-order valence-corrected chi connectivity index (χ3v) is 4.51. The Kier molecular flexibility index (Phi) is 5.66. The summed E-state index contributed by atoms with van der Waals surface area (Å²) in [5.41, 5.74) is 4.06. The monoisotopic (exact) mass is 354 g/mol. The molecule has 3 aromatic rings. The fraction of sp³-hybridized carbons (Fsp3) is 0.105. The van der Waals surface area contributed by atoms with Gasteiger partial charge >= 0.3 is 0 Å². The molecule has 1 aromatic heterocycles. The van der Waals surface area contributed by atoms with Crippen LogP contribution in [0.5, 0.6) is 11.5 Å². The van der Waals surface area contributed by atoms with Crippen LogP contribution in [0.15, 0.2) is 66.0 Å². The van der Waals surface area contributed by atoms with Crippen LogP contribution >= 0.6 is 11.3 Å². The summed E-state index contributed by atoms with van der Waals surface area (Å²) < 4.78 is 11.5. The summed E-state index contributed by atoms with van der Waals surface area (Å²) in [5.74, 6) is 6.35.